The van der Waals surface area contributed by atoms with Gasteiger partial charge in [0.1, 0.15) is 0 Å². The third-order valence-corrected chi connectivity index (χ3v) is 2.60. The summed E-state index contributed by atoms with van der Waals surface area (Å²) in [5, 5.41) is 0. The van der Waals surface area contributed by atoms with Crippen molar-refractivity contribution in [3.05, 3.63) is 12.2 Å². The Kier molecular flexibility index (Phi) is 1.37. The van der Waals surface area contributed by atoms with Gasteiger partial charge in [-0.05, 0) is 25.7 Å². The fourth-order valence-electron chi connectivity index (χ4n) is 1.86. The van der Waals surface area contributed by atoms with Crippen molar-refractivity contribution in [2.45, 2.75) is 25.7 Å². The lowest BCUT2D eigenvalue weighted by Crippen LogP contribution is -2.20. The zero-order chi connectivity index (χ0) is 6.86. The Morgan fingerprint density at radius 1 is 1.20 bits per heavy atom. The van der Waals surface area contributed by atoms with Gasteiger partial charge in [0.05, 0.1) is 0 Å². The largest absolute Gasteiger partial charge is 0.297 e. The lowest BCUT2D eigenvalue weighted by Gasteiger charge is -2.26. The molecule has 1 unspecified atom stereocenters. The lowest BCUT2D eigenvalue weighted by molar-refractivity contribution is 0.386. The predicted molar refractivity (Wildman–Crippen MR) is 43.4 cm³/mol. The van der Waals surface area contributed by atoms with E-state index >= 15 is 0 Å². The molecule has 1 heterocycles. The maximum absolute atomic E-state index is 4.30. The van der Waals surface area contributed by atoms with Gasteiger partial charge in [0.2, 0.25) is 0 Å². The van der Waals surface area contributed by atoms with Crippen molar-refractivity contribution in [1.29, 1.82) is 0 Å². The number of allylic oxidation sites excluding steroid dienone is 2. The molecule has 54 valence electrons. The highest BCUT2D eigenvalue weighted by Crippen LogP contribution is 2.36. The molecule has 0 radical (unpaired) electrons. The fourth-order valence-corrected chi connectivity index (χ4v) is 1.86. The van der Waals surface area contributed by atoms with E-state index in [9.17, 15) is 0 Å². The molecule has 1 aliphatic heterocycles. The Hall–Kier alpha value is -0.590. The van der Waals surface area contributed by atoms with E-state index in [2.05, 4.69) is 23.4 Å². The third-order valence-electron chi connectivity index (χ3n) is 2.60. The van der Waals surface area contributed by atoms with E-state index in [4.69, 9.17) is 0 Å². The first kappa shape index (κ1) is 6.14. The summed E-state index contributed by atoms with van der Waals surface area (Å²) >= 11 is 0. The Bertz CT molecular complexity index is 181. The van der Waals surface area contributed by atoms with E-state index in [0.29, 0.717) is 5.41 Å². The van der Waals surface area contributed by atoms with E-state index in [1.54, 1.807) is 0 Å². The van der Waals surface area contributed by atoms with Crippen LogP contribution in [0.1, 0.15) is 25.7 Å². The van der Waals surface area contributed by atoms with Crippen LogP contribution in [0.3, 0.4) is 0 Å². The molecule has 0 saturated heterocycles. The monoisotopic (exact) mass is 135 g/mol. The van der Waals surface area contributed by atoms with Gasteiger partial charge < -0.3 is 0 Å². The molecule has 1 atom stereocenters. The van der Waals surface area contributed by atoms with Gasteiger partial charge in [-0.2, -0.15) is 0 Å². The van der Waals surface area contributed by atoms with Crippen LogP contribution in [-0.4, -0.2) is 12.8 Å². The predicted octanol–water partition coefficient (Wildman–Crippen LogP) is 2.19. The first-order valence-electron chi connectivity index (χ1n) is 4.07. The third kappa shape index (κ3) is 0.898. The summed E-state index contributed by atoms with van der Waals surface area (Å²) in [7, 11) is 0. The number of rotatable bonds is 0. The van der Waals surface area contributed by atoms with Gasteiger partial charge in [-0.1, -0.05) is 12.2 Å². The molecule has 0 fully saturated rings. The molecule has 10 heavy (non-hydrogen) atoms. The van der Waals surface area contributed by atoms with Crippen LogP contribution in [0, 0.1) is 5.41 Å². The highest BCUT2D eigenvalue weighted by atomic mass is 14.8. The fraction of sp³-hybridized carbons (Fsp3) is 0.667. The minimum atomic E-state index is 0.495. The topological polar surface area (TPSA) is 12.4 Å². The Morgan fingerprint density at radius 2 is 2.20 bits per heavy atom. The molecule has 1 aliphatic carbocycles. The molecular weight excluding hydrogens is 122 g/mol. The minimum absolute atomic E-state index is 0.495. The molecule has 1 nitrogen and oxygen atoms in total. The van der Waals surface area contributed by atoms with Gasteiger partial charge in [-0.3, -0.25) is 4.99 Å². The molecule has 0 aromatic heterocycles. The van der Waals surface area contributed by atoms with Crippen molar-refractivity contribution >= 4 is 6.21 Å². The second-order valence-corrected chi connectivity index (χ2v) is 3.36. The van der Waals surface area contributed by atoms with Gasteiger partial charge in [0.15, 0.2) is 0 Å². The molecule has 0 bridgehead atoms. The van der Waals surface area contributed by atoms with E-state index in [-0.39, 0.29) is 0 Å². The van der Waals surface area contributed by atoms with Gasteiger partial charge in [-0.15, -0.1) is 0 Å². The van der Waals surface area contributed by atoms with Crippen molar-refractivity contribution in [3.8, 4) is 0 Å². The molecular formula is C9H13N. The van der Waals surface area contributed by atoms with Crippen LogP contribution in [0.4, 0.5) is 0 Å². The second-order valence-electron chi connectivity index (χ2n) is 3.36. The first-order chi connectivity index (χ1) is 4.91. The van der Waals surface area contributed by atoms with E-state index in [0.717, 1.165) is 6.54 Å². The molecule has 2 aliphatic rings. The Labute approximate surface area is 61.9 Å². The SMILES string of the molecule is C1=CCC2(C=NCC2)CC1. The maximum atomic E-state index is 4.30. The van der Waals surface area contributed by atoms with Crippen LogP contribution in [0.5, 0.6) is 0 Å². The first-order valence-corrected chi connectivity index (χ1v) is 4.07. The summed E-state index contributed by atoms with van der Waals surface area (Å²) in [5.41, 5.74) is 0.495. The lowest BCUT2D eigenvalue weighted by atomic mass is 9.77. The summed E-state index contributed by atoms with van der Waals surface area (Å²) in [6, 6.07) is 0. The van der Waals surface area contributed by atoms with E-state index < -0.39 is 0 Å². The van der Waals surface area contributed by atoms with Gasteiger partial charge in [0, 0.05) is 18.2 Å². The average Bonchev–Trinajstić information content (AvgIpc) is 2.39. The minimum Gasteiger partial charge on any atom is -0.297 e. The molecule has 1 heteroatoms. The molecule has 0 saturated carbocycles. The molecule has 0 amide bonds. The summed E-state index contributed by atoms with van der Waals surface area (Å²) in [6.45, 7) is 1.06. The average molecular weight is 135 g/mol. The summed E-state index contributed by atoms with van der Waals surface area (Å²) < 4.78 is 0. The number of hydrogen-bond acceptors (Lipinski definition) is 1. The Morgan fingerprint density at radius 3 is 2.80 bits per heavy atom. The molecule has 2 rings (SSSR count). The summed E-state index contributed by atoms with van der Waals surface area (Å²) in [4.78, 5) is 4.30. The smallest absolute Gasteiger partial charge is 0.0394 e. The van der Waals surface area contributed by atoms with Crippen LogP contribution >= 0.6 is 0 Å². The zero-order valence-corrected chi connectivity index (χ0v) is 6.21. The van der Waals surface area contributed by atoms with Crippen LogP contribution in [0.2, 0.25) is 0 Å². The summed E-state index contributed by atoms with van der Waals surface area (Å²) in [6.07, 6.45) is 11.9. The van der Waals surface area contributed by atoms with Crippen molar-refractivity contribution in [2.24, 2.45) is 10.4 Å². The molecule has 0 N–H and O–H groups in total. The van der Waals surface area contributed by atoms with Gasteiger partial charge >= 0.3 is 0 Å². The van der Waals surface area contributed by atoms with E-state index in [1.807, 2.05) is 0 Å². The highest BCUT2D eigenvalue weighted by molar-refractivity contribution is 5.68. The maximum Gasteiger partial charge on any atom is 0.0394 e. The number of nitrogens with zero attached hydrogens (tertiary/aromatic N) is 1. The van der Waals surface area contributed by atoms with Gasteiger partial charge in [-0.25, -0.2) is 0 Å². The normalized spacial score (nSPS) is 37.6. The Balaban J connectivity index is 2.14. The summed E-state index contributed by atoms with van der Waals surface area (Å²) in [5.74, 6) is 0. The molecule has 0 aromatic carbocycles. The molecule has 0 aromatic rings. The number of aliphatic imine (C=N–C) groups is 1. The van der Waals surface area contributed by atoms with Crippen LogP contribution in [0.15, 0.2) is 17.1 Å². The van der Waals surface area contributed by atoms with Gasteiger partial charge in [0.25, 0.3) is 0 Å². The van der Waals surface area contributed by atoms with Crippen molar-refractivity contribution in [1.82, 2.24) is 0 Å². The van der Waals surface area contributed by atoms with Crippen molar-refractivity contribution < 1.29 is 0 Å². The van der Waals surface area contributed by atoms with Crippen molar-refractivity contribution in [3.63, 3.8) is 0 Å². The molecule has 1 spiro atoms. The number of hydrogen-bond donors (Lipinski definition) is 0. The quantitative estimate of drug-likeness (QED) is 0.451. The zero-order valence-electron chi connectivity index (χ0n) is 6.21. The van der Waals surface area contributed by atoms with E-state index in [1.165, 1.54) is 25.7 Å². The van der Waals surface area contributed by atoms with Crippen molar-refractivity contribution in [2.75, 3.05) is 6.54 Å². The standard InChI is InChI=1S/C9H13N/c1-2-4-9(5-3-1)6-7-10-8-9/h1-2,8H,3-7H2. The van der Waals surface area contributed by atoms with Crippen LogP contribution in [-0.2, 0) is 0 Å². The highest BCUT2D eigenvalue weighted by Gasteiger charge is 2.30. The van der Waals surface area contributed by atoms with Crippen LogP contribution in [0.25, 0.3) is 0 Å². The second kappa shape index (κ2) is 2.22. The van der Waals surface area contributed by atoms with Crippen LogP contribution < -0.4 is 0 Å².